The Morgan fingerprint density at radius 1 is 1.14 bits per heavy atom. The summed E-state index contributed by atoms with van der Waals surface area (Å²) < 4.78 is 1.56. The molecule has 2 amide bonds. The molecule has 2 aliphatic rings. The Kier molecular flexibility index (Phi) is 5.08. The van der Waals surface area contributed by atoms with Gasteiger partial charge in [0.25, 0.3) is 0 Å². The van der Waals surface area contributed by atoms with Gasteiger partial charge in [-0.25, -0.2) is 4.68 Å². The number of nitrogens with zero attached hydrogens (tertiary/aromatic N) is 5. The van der Waals surface area contributed by atoms with E-state index in [1.54, 1.807) is 4.68 Å². The van der Waals surface area contributed by atoms with Crippen LogP contribution in [0, 0.1) is 17.2 Å². The fourth-order valence-corrected chi connectivity index (χ4v) is 3.41. The summed E-state index contributed by atoms with van der Waals surface area (Å²) >= 11 is 0. The minimum Gasteiger partial charge on any atom is -0.340 e. The molecule has 2 aromatic rings. The number of hydrogen-bond acceptors (Lipinski definition) is 5. The third kappa shape index (κ3) is 3.89. The number of rotatable bonds is 5. The average Bonchev–Trinajstić information content (AvgIpc) is 3.50. The lowest BCUT2D eigenvalue weighted by Crippen LogP contribution is -2.50. The molecule has 0 spiro atoms. The summed E-state index contributed by atoms with van der Waals surface area (Å²) in [6.45, 7) is 2.89. The van der Waals surface area contributed by atoms with Crippen LogP contribution in [0.15, 0.2) is 36.5 Å². The van der Waals surface area contributed by atoms with E-state index < -0.39 is 0 Å². The Bertz CT molecular complexity index is 905. The highest BCUT2D eigenvalue weighted by atomic mass is 16.2. The van der Waals surface area contributed by atoms with Gasteiger partial charge < -0.3 is 10.2 Å². The van der Waals surface area contributed by atoms with Crippen LogP contribution in [-0.4, -0.2) is 64.1 Å². The second kappa shape index (κ2) is 7.82. The predicted octanol–water partition coefficient (Wildman–Crippen LogP) is 1.24. The normalized spacial score (nSPS) is 17.2. The van der Waals surface area contributed by atoms with Gasteiger partial charge in [-0.3, -0.25) is 14.5 Å². The summed E-state index contributed by atoms with van der Waals surface area (Å²) in [4.78, 5) is 28.6. The predicted molar refractivity (Wildman–Crippen MR) is 103 cm³/mol. The van der Waals surface area contributed by atoms with Crippen LogP contribution in [-0.2, 0) is 9.59 Å². The van der Waals surface area contributed by atoms with E-state index in [4.69, 9.17) is 0 Å². The molecule has 8 heteroatoms. The number of anilines is 1. The van der Waals surface area contributed by atoms with Crippen molar-refractivity contribution >= 4 is 17.6 Å². The number of amides is 2. The number of carbonyl (C=O) groups is 2. The van der Waals surface area contributed by atoms with Crippen molar-refractivity contribution in [1.82, 2.24) is 19.6 Å². The molecule has 0 bridgehead atoms. The van der Waals surface area contributed by atoms with Crippen LogP contribution in [0.1, 0.15) is 18.4 Å². The van der Waals surface area contributed by atoms with E-state index in [0.717, 1.165) is 18.5 Å². The molecule has 4 rings (SSSR count). The zero-order valence-electron chi connectivity index (χ0n) is 15.5. The molecule has 1 saturated carbocycles. The molecular weight excluding hydrogens is 356 g/mol. The van der Waals surface area contributed by atoms with Gasteiger partial charge in [0.05, 0.1) is 18.4 Å². The van der Waals surface area contributed by atoms with E-state index in [9.17, 15) is 14.9 Å². The summed E-state index contributed by atoms with van der Waals surface area (Å²) in [5.41, 5.74) is 1.09. The number of aromatic nitrogens is 2. The lowest BCUT2D eigenvalue weighted by Gasteiger charge is -2.34. The molecule has 1 N–H and O–H groups in total. The lowest BCUT2D eigenvalue weighted by atomic mass is 10.2. The summed E-state index contributed by atoms with van der Waals surface area (Å²) in [5.74, 6) is 0.671. The standard InChI is InChI=1S/C20H22N6O2/c21-12-16-13-22-26(17-4-2-1-3-5-17)19(16)23-18(27)14-24-8-10-25(11-9-24)20(28)15-6-7-15/h1-5,13,15H,6-11,14H2,(H,23,27). The summed E-state index contributed by atoms with van der Waals surface area (Å²) in [7, 11) is 0. The first kappa shape index (κ1) is 18.2. The molecule has 0 atom stereocenters. The van der Waals surface area contributed by atoms with Crippen LogP contribution in [0.5, 0.6) is 0 Å². The van der Waals surface area contributed by atoms with Crippen molar-refractivity contribution in [2.24, 2.45) is 5.92 Å². The van der Waals surface area contributed by atoms with Crippen LogP contribution in [0.2, 0.25) is 0 Å². The van der Waals surface area contributed by atoms with Gasteiger partial charge in [0.15, 0.2) is 5.82 Å². The number of nitriles is 1. The third-order valence-corrected chi connectivity index (χ3v) is 5.13. The molecule has 144 valence electrons. The SMILES string of the molecule is N#Cc1cnn(-c2ccccc2)c1NC(=O)CN1CCN(C(=O)C2CC2)CC1. The maximum atomic E-state index is 12.6. The van der Waals surface area contributed by atoms with Crippen LogP contribution in [0.4, 0.5) is 5.82 Å². The van der Waals surface area contributed by atoms with Crippen molar-refractivity contribution in [3.63, 3.8) is 0 Å². The minimum atomic E-state index is -0.198. The van der Waals surface area contributed by atoms with Gasteiger partial charge in [0, 0.05) is 32.1 Å². The highest BCUT2D eigenvalue weighted by molar-refractivity contribution is 5.93. The first-order chi connectivity index (χ1) is 13.7. The van der Waals surface area contributed by atoms with Gasteiger partial charge in [-0.05, 0) is 25.0 Å². The van der Waals surface area contributed by atoms with Gasteiger partial charge in [0.2, 0.25) is 11.8 Å². The summed E-state index contributed by atoms with van der Waals surface area (Å²) in [6.07, 6.45) is 3.47. The molecule has 1 saturated heterocycles. The van der Waals surface area contributed by atoms with Crippen LogP contribution < -0.4 is 5.32 Å². The summed E-state index contributed by atoms with van der Waals surface area (Å²) in [5, 5.41) is 16.4. The number of benzene rings is 1. The average molecular weight is 378 g/mol. The molecule has 2 heterocycles. The fourth-order valence-electron chi connectivity index (χ4n) is 3.41. The quantitative estimate of drug-likeness (QED) is 0.845. The number of para-hydroxylation sites is 1. The Balaban J connectivity index is 1.37. The van der Waals surface area contributed by atoms with Crippen LogP contribution >= 0.6 is 0 Å². The molecule has 1 aliphatic carbocycles. The summed E-state index contributed by atoms with van der Waals surface area (Å²) in [6, 6.07) is 11.4. The van der Waals surface area contributed by atoms with Gasteiger partial charge >= 0.3 is 0 Å². The molecule has 1 aromatic carbocycles. The maximum Gasteiger partial charge on any atom is 0.239 e. The van der Waals surface area contributed by atoms with Crippen molar-refractivity contribution in [2.75, 3.05) is 38.0 Å². The second-order valence-electron chi connectivity index (χ2n) is 7.19. The third-order valence-electron chi connectivity index (χ3n) is 5.13. The molecule has 28 heavy (non-hydrogen) atoms. The monoisotopic (exact) mass is 378 g/mol. The van der Waals surface area contributed by atoms with E-state index in [0.29, 0.717) is 37.6 Å². The van der Waals surface area contributed by atoms with E-state index in [-0.39, 0.29) is 24.3 Å². The van der Waals surface area contributed by atoms with E-state index in [1.807, 2.05) is 40.1 Å². The smallest absolute Gasteiger partial charge is 0.239 e. The van der Waals surface area contributed by atoms with E-state index in [1.165, 1.54) is 6.20 Å². The van der Waals surface area contributed by atoms with E-state index >= 15 is 0 Å². The van der Waals surface area contributed by atoms with Crippen molar-refractivity contribution < 1.29 is 9.59 Å². The first-order valence-electron chi connectivity index (χ1n) is 9.50. The molecule has 1 aliphatic heterocycles. The molecule has 8 nitrogen and oxygen atoms in total. The Labute approximate surface area is 163 Å². The largest absolute Gasteiger partial charge is 0.340 e. The van der Waals surface area contributed by atoms with Gasteiger partial charge in [-0.2, -0.15) is 10.4 Å². The van der Waals surface area contributed by atoms with Crippen molar-refractivity contribution in [3.8, 4) is 11.8 Å². The van der Waals surface area contributed by atoms with Crippen molar-refractivity contribution in [3.05, 3.63) is 42.1 Å². The van der Waals surface area contributed by atoms with Crippen LogP contribution in [0.25, 0.3) is 5.69 Å². The van der Waals surface area contributed by atoms with Crippen molar-refractivity contribution in [2.45, 2.75) is 12.8 Å². The molecular formula is C20H22N6O2. The fraction of sp³-hybridized carbons (Fsp3) is 0.400. The Morgan fingerprint density at radius 3 is 2.50 bits per heavy atom. The molecule has 2 fully saturated rings. The number of hydrogen-bond donors (Lipinski definition) is 1. The minimum absolute atomic E-state index is 0.198. The number of carbonyl (C=O) groups excluding carboxylic acids is 2. The molecule has 0 radical (unpaired) electrons. The topological polar surface area (TPSA) is 94.3 Å². The second-order valence-corrected chi connectivity index (χ2v) is 7.19. The number of nitrogens with one attached hydrogen (secondary N) is 1. The maximum absolute atomic E-state index is 12.6. The number of piperazine rings is 1. The highest BCUT2D eigenvalue weighted by Crippen LogP contribution is 2.31. The van der Waals surface area contributed by atoms with Crippen LogP contribution in [0.3, 0.4) is 0 Å². The lowest BCUT2D eigenvalue weighted by molar-refractivity contribution is -0.134. The zero-order chi connectivity index (χ0) is 19.5. The van der Waals surface area contributed by atoms with Crippen molar-refractivity contribution in [1.29, 1.82) is 5.26 Å². The first-order valence-corrected chi connectivity index (χ1v) is 9.50. The van der Waals surface area contributed by atoms with Gasteiger partial charge in [-0.1, -0.05) is 18.2 Å². The molecule has 0 unspecified atom stereocenters. The molecule has 1 aromatic heterocycles. The van der Waals surface area contributed by atoms with Gasteiger partial charge in [-0.15, -0.1) is 0 Å². The zero-order valence-corrected chi connectivity index (χ0v) is 15.5. The highest BCUT2D eigenvalue weighted by Gasteiger charge is 2.34. The van der Waals surface area contributed by atoms with Gasteiger partial charge in [0.1, 0.15) is 11.6 Å². The van der Waals surface area contributed by atoms with E-state index in [2.05, 4.69) is 16.5 Å². The Morgan fingerprint density at radius 2 is 1.86 bits per heavy atom. The Hall–Kier alpha value is -3.18.